The zero-order valence-electron chi connectivity index (χ0n) is 7.68. The van der Waals surface area contributed by atoms with Gasteiger partial charge < -0.3 is 9.84 Å². The van der Waals surface area contributed by atoms with Gasteiger partial charge in [0.25, 0.3) is 0 Å². The topological polar surface area (TPSA) is 29.5 Å². The van der Waals surface area contributed by atoms with E-state index in [1.807, 2.05) is 18.2 Å². The lowest BCUT2D eigenvalue weighted by Crippen LogP contribution is -1.94. The molecule has 0 radical (unpaired) electrons. The summed E-state index contributed by atoms with van der Waals surface area (Å²) in [5, 5.41) is 9.06. The van der Waals surface area contributed by atoms with Gasteiger partial charge in [-0.1, -0.05) is 30.3 Å². The quantitative estimate of drug-likeness (QED) is 0.758. The number of hydrogen-bond acceptors (Lipinski definition) is 2. The molecule has 1 N–H and O–H groups in total. The standard InChI is InChI=1S/C11H14O2/c1-13-11-9(7-12)10(11)8-5-3-2-4-6-8/h2-6,9-12H,7H2,1H3/t9-,10-,11+/m0/s1. The lowest BCUT2D eigenvalue weighted by atomic mass is 10.1. The predicted molar refractivity (Wildman–Crippen MR) is 50.6 cm³/mol. The second kappa shape index (κ2) is 3.48. The summed E-state index contributed by atoms with van der Waals surface area (Å²) in [6, 6.07) is 10.2. The van der Waals surface area contributed by atoms with E-state index < -0.39 is 0 Å². The third-order valence-corrected chi connectivity index (χ3v) is 2.76. The van der Waals surface area contributed by atoms with Crippen molar-refractivity contribution in [1.82, 2.24) is 0 Å². The van der Waals surface area contributed by atoms with Crippen LogP contribution in [0.15, 0.2) is 30.3 Å². The molecule has 0 aliphatic heterocycles. The van der Waals surface area contributed by atoms with E-state index in [4.69, 9.17) is 9.84 Å². The van der Waals surface area contributed by atoms with Crippen LogP contribution in [-0.2, 0) is 4.74 Å². The Labute approximate surface area is 78.2 Å². The third kappa shape index (κ3) is 1.47. The molecule has 0 spiro atoms. The average Bonchev–Trinajstić information content (AvgIpc) is 2.92. The van der Waals surface area contributed by atoms with Crippen molar-refractivity contribution < 1.29 is 9.84 Å². The molecule has 1 aliphatic carbocycles. The number of hydrogen-bond donors (Lipinski definition) is 1. The van der Waals surface area contributed by atoms with Gasteiger partial charge in [0.1, 0.15) is 0 Å². The van der Waals surface area contributed by atoms with Crippen molar-refractivity contribution in [2.24, 2.45) is 5.92 Å². The number of rotatable bonds is 3. The molecule has 0 saturated heterocycles. The van der Waals surface area contributed by atoms with Crippen LogP contribution in [0.5, 0.6) is 0 Å². The number of methoxy groups -OCH3 is 1. The smallest absolute Gasteiger partial charge is 0.0701 e. The van der Waals surface area contributed by atoms with Crippen LogP contribution in [0.25, 0.3) is 0 Å². The van der Waals surface area contributed by atoms with Crippen LogP contribution in [0.2, 0.25) is 0 Å². The van der Waals surface area contributed by atoms with Crippen molar-refractivity contribution in [1.29, 1.82) is 0 Å². The van der Waals surface area contributed by atoms with Gasteiger partial charge in [-0.25, -0.2) is 0 Å². The third-order valence-electron chi connectivity index (χ3n) is 2.76. The van der Waals surface area contributed by atoms with Gasteiger partial charge in [-0.2, -0.15) is 0 Å². The van der Waals surface area contributed by atoms with Crippen molar-refractivity contribution >= 4 is 0 Å². The zero-order valence-corrected chi connectivity index (χ0v) is 7.68. The van der Waals surface area contributed by atoms with E-state index in [0.29, 0.717) is 11.8 Å². The van der Waals surface area contributed by atoms with Crippen LogP contribution in [-0.4, -0.2) is 24.9 Å². The Morgan fingerprint density at radius 2 is 2.00 bits per heavy atom. The first-order valence-electron chi connectivity index (χ1n) is 4.57. The summed E-state index contributed by atoms with van der Waals surface area (Å²) in [4.78, 5) is 0. The molecule has 0 unspecified atom stereocenters. The minimum Gasteiger partial charge on any atom is -0.396 e. The van der Waals surface area contributed by atoms with Crippen LogP contribution >= 0.6 is 0 Å². The van der Waals surface area contributed by atoms with Crippen LogP contribution in [0, 0.1) is 5.92 Å². The van der Waals surface area contributed by atoms with Gasteiger partial charge in [0.05, 0.1) is 6.10 Å². The summed E-state index contributed by atoms with van der Waals surface area (Å²) in [6.07, 6.45) is 0.215. The first-order valence-corrected chi connectivity index (χ1v) is 4.57. The van der Waals surface area contributed by atoms with Crippen molar-refractivity contribution in [2.45, 2.75) is 12.0 Å². The summed E-state index contributed by atoms with van der Waals surface area (Å²) in [6.45, 7) is 0.220. The molecule has 2 nitrogen and oxygen atoms in total. The van der Waals surface area contributed by atoms with Crippen molar-refractivity contribution in [3.05, 3.63) is 35.9 Å². The number of aliphatic hydroxyl groups excluding tert-OH is 1. The highest BCUT2D eigenvalue weighted by molar-refractivity contribution is 5.29. The average molecular weight is 178 g/mol. The predicted octanol–water partition coefficient (Wildman–Crippen LogP) is 1.41. The molecule has 1 aromatic carbocycles. The molecule has 1 aromatic rings. The molecule has 70 valence electrons. The number of benzene rings is 1. The van der Waals surface area contributed by atoms with E-state index in [0.717, 1.165) is 0 Å². The van der Waals surface area contributed by atoms with Gasteiger partial charge in [0, 0.05) is 25.6 Å². The zero-order chi connectivity index (χ0) is 9.26. The molecular formula is C11H14O2. The molecule has 2 rings (SSSR count). The Kier molecular flexibility index (Phi) is 2.34. The number of ether oxygens (including phenoxy) is 1. The Bertz CT molecular complexity index is 261. The molecule has 3 atom stereocenters. The highest BCUT2D eigenvalue weighted by Crippen LogP contribution is 2.49. The molecule has 0 bridgehead atoms. The van der Waals surface area contributed by atoms with Gasteiger partial charge in [0.15, 0.2) is 0 Å². The maximum Gasteiger partial charge on any atom is 0.0701 e. The molecule has 1 saturated carbocycles. The van der Waals surface area contributed by atoms with E-state index >= 15 is 0 Å². The molecule has 0 heterocycles. The number of aliphatic hydroxyl groups is 1. The monoisotopic (exact) mass is 178 g/mol. The fourth-order valence-corrected chi connectivity index (χ4v) is 1.99. The van der Waals surface area contributed by atoms with E-state index in [1.54, 1.807) is 7.11 Å². The maximum absolute atomic E-state index is 9.06. The lowest BCUT2D eigenvalue weighted by Gasteiger charge is -1.97. The van der Waals surface area contributed by atoms with Crippen LogP contribution in [0.3, 0.4) is 0 Å². The molecule has 0 aromatic heterocycles. The van der Waals surface area contributed by atoms with E-state index in [1.165, 1.54) is 5.56 Å². The van der Waals surface area contributed by atoms with Gasteiger partial charge in [-0.05, 0) is 5.56 Å². The largest absolute Gasteiger partial charge is 0.396 e. The first-order chi connectivity index (χ1) is 6.38. The van der Waals surface area contributed by atoms with Crippen molar-refractivity contribution in [3.63, 3.8) is 0 Å². The second-order valence-corrected chi connectivity index (χ2v) is 3.48. The van der Waals surface area contributed by atoms with E-state index in [9.17, 15) is 0 Å². The maximum atomic E-state index is 9.06. The second-order valence-electron chi connectivity index (χ2n) is 3.48. The van der Waals surface area contributed by atoms with Crippen LogP contribution < -0.4 is 0 Å². The van der Waals surface area contributed by atoms with E-state index in [2.05, 4.69) is 12.1 Å². The minimum atomic E-state index is 0.215. The highest BCUT2D eigenvalue weighted by atomic mass is 16.5. The van der Waals surface area contributed by atoms with E-state index in [-0.39, 0.29) is 12.7 Å². The van der Waals surface area contributed by atoms with Gasteiger partial charge in [-0.3, -0.25) is 0 Å². The molecular weight excluding hydrogens is 164 g/mol. The summed E-state index contributed by atoms with van der Waals surface area (Å²) >= 11 is 0. The Morgan fingerprint density at radius 1 is 1.31 bits per heavy atom. The SMILES string of the molecule is CO[C@@H]1[C@@H](CO)[C@@H]1c1ccccc1. The lowest BCUT2D eigenvalue weighted by molar-refractivity contribution is 0.149. The van der Waals surface area contributed by atoms with Gasteiger partial charge in [0.2, 0.25) is 0 Å². The molecule has 0 amide bonds. The molecule has 13 heavy (non-hydrogen) atoms. The minimum absolute atomic E-state index is 0.215. The summed E-state index contributed by atoms with van der Waals surface area (Å²) < 4.78 is 5.27. The Balaban J connectivity index is 2.12. The van der Waals surface area contributed by atoms with Gasteiger partial charge in [-0.15, -0.1) is 0 Å². The van der Waals surface area contributed by atoms with Crippen molar-refractivity contribution in [3.8, 4) is 0 Å². The fourth-order valence-electron chi connectivity index (χ4n) is 1.99. The summed E-state index contributed by atoms with van der Waals surface area (Å²) in [5.74, 6) is 0.698. The Morgan fingerprint density at radius 3 is 2.46 bits per heavy atom. The molecule has 1 aliphatic rings. The highest BCUT2D eigenvalue weighted by Gasteiger charge is 2.50. The van der Waals surface area contributed by atoms with Gasteiger partial charge >= 0.3 is 0 Å². The summed E-state index contributed by atoms with van der Waals surface area (Å²) in [5.41, 5.74) is 1.27. The Hall–Kier alpha value is -0.860. The molecule has 2 heteroatoms. The fraction of sp³-hybridized carbons (Fsp3) is 0.455. The first kappa shape index (κ1) is 8.73. The molecule has 1 fully saturated rings. The normalized spacial score (nSPS) is 31.7. The summed E-state index contributed by atoms with van der Waals surface area (Å²) in [7, 11) is 1.70. The van der Waals surface area contributed by atoms with Crippen molar-refractivity contribution in [2.75, 3.05) is 13.7 Å². The van der Waals surface area contributed by atoms with Crippen LogP contribution in [0.4, 0.5) is 0 Å². The van der Waals surface area contributed by atoms with Crippen LogP contribution in [0.1, 0.15) is 11.5 Å².